The van der Waals surface area contributed by atoms with Crippen molar-refractivity contribution in [2.75, 3.05) is 6.61 Å². The maximum Gasteiger partial charge on any atom is 0.270 e. The summed E-state index contributed by atoms with van der Waals surface area (Å²) in [6, 6.07) is 14.5. The van der Waals surface area contributed by atoms with Gasteiger partial charge >= 0.3 is 0 Å². The van der Waals surface area contributed by atoms with Gasteiger partial charge in [0.15, 0.2) is 0 Å². The van der Waals surface area contributed by atoms with Gasteiger partial charge in [-0.1, -0.05) is 36.4 Å². The van der Waals surface area contributed by atoms with Crippen LogP contribution in [0, 0.1) is 0 Å². The van der Waals surface area contributed by atoms with Crippen LogP contribution in [0.4, 0.5) is 0 Å². The molecule has 1 aromatic heterocycles. The number of hydrogen-bond acceptors (Lipinski definition) is 3. The Balaban J connectivity index is 2.01. The van der Waals surface area contributed by atoms with E-state index in [0.717, 1.165) is 5.56 Å². The Morgan fingerprint density at radius 2 is 1.95 bits per heavy atom. The molecule has 0 aliphatic carbocycles. The van der Waals surface area contributed by atoms with E-state index < -0.39 is 0 Å². The second-order valence-electron chi connectivity index (χ2n) is 4.39. The fourth-order valence-corrected chi connectivity index (χ4v) is 2.20. The number of aromatic nitrogens is 1. The third-order valence-electron chi connectivity index (χ3n) is 2.83. The SMILES string of the molecule is O=C(NC(CO)Cc1ccccc1)c1cccc(Br)n1. The van der Waals surface area contributed by atoms with Crippen LogP contribution in [0.5, 0.6) is 0 Å². The van der Waals surface area contributed by atoms with Gasteiger partial charge in [0, 0.05) is 0 Å². The number of aliphatic hydroxyl groups excluding tert-OH is 1. The monoisotopic (exact) mass is 334 g/mol. The van der Waals surface area contributed by atoms with Gasteiger partial charge in [0.1, 0.15) is 10.3 Å². The van der Waals surface area contributed by atoms with Crippen LogP contribution in [-0.4, -0.2) is 28.6 Å². The van der Waals surface area contributed by atoms with Gasteiger partial charge in [-0.15, -0.1) is 0 Å². The lowest BCUT2D eigenvalue weighted by Crippen LogP contribution is -2.39. The summed E-state index contributed by atoms with van der Waals surface area (Å²) in [7, 11) is 0. The number of pyridine rings is 1. The quantitative estimate of drug-likeness (QED) is 0.824. The van der Waals surface area contributed by atoms with Crippen molar-refractivity contribution in [3.05, 3.63) is 64.4 Å². The summed E-state index contributed by atoms with van der Waals surface area (Å²) in [5.41, 5.74) is 1.39. The van der Waals surface area contributed by atoms with Crippen LogP contribution in [0.2, 0.25) is 0 Å². The Labute approximate surface area is 126 Å². The number of hydrogen-bond donors (Lipinski definition) is 2. The largest absolute Gasteiger partial charge is 0.394 e. The summed E-state index contributed by atoms with van der Waals surface area (Å²) in [5, 5.41) is 12.2. The zero-order valence-electron chi connectivity index (χ0n) is 10.8. The number of nitrogens with zero attached hydrogens (tertiary/aromatic N) is 1. The van der Waals surface area contributed by atoms with Gasteiger partial charge in [0.05, 0.1) is 12.6 Å². The highest BCUT2D eigenvalue weighted by atomic mass is 79.9. The third-order valence-corrected chi connectivity index (χ3v) is 3.27. The Morgan fingerprint density at radius 1 is 1.20 bits per heavy atom. The van der Waals surface area contributed by atoms with E-state index in [9.17, 15) is 9.90 Å². The minimum absolute atomic E-state index is 0.116. The second-order valence-corrected chi connectivity index (χ2v) is 5.20. The molecule has 20 heavy (non-hydrogen) atoms. The molecule has 0 radical (unpaired) electrons. The Bertz CT molecular complexity index is 575. The third kappa shape index (κ3) is 4.15. The normalized spacial score (nSPS) is 11.9. The molecule has 0 fully saturated rings. The average Bonchev–Trinajstić information content (AvgIpc) is 2.47. The first-order chi connectivity index (χ1) is 9.69. The van der Waals surface area contributed by atoms with Gasteiger partial charge in [-0.05, 0) is 40.0 Å². The van der Waals surface area contributed by atoms with Crippen molar-refractivity contribution in [2.45, 2.75) is 12.5 Å². The molecule has 2 rings (SSSR count). The zero-order valence-corrected chi connectivity index (χ0v) is 12.4. The first-order valence-electron chi connectivity index (χ1n) is 6.27. The number of aliphatic hydroxyl groups is 1. The Kier molecular flexibility index (Phi) is 5.26. The molecule has 1 aromatic carbocycles. The summed E-state index contributed by atoms with van der Waals surface area (Å²) in [6.45, 7) is -0.116. The zero-order chi connectivity index (χ0) is 14.4. The molecule has 0 spiro atoms. The van der Waals surface area contributed by atoms with E-state index in [0.29, 0.717) is 16.7 Å². The summed E-state index contributed by atoms with van der Waals surface area (Å²) in [6.07, 6.45) is 0.580. The van der Waals surface area contributed by atoms with E-state index in [1.54, 1.807) is 18.2 Å². The van der Waals surface area contributed by atoms with Crippen molar-refractivity contribution in [2.24, 2.45) is 0 Å². The molecular formula is C15H15BrN2O2. The lowest BCUT2D eigenvalue weighted by Gasteiger charge is -2.16. The topological polar surface area (TPSA) is 62.2 Å². The van der Waals surface area contributed by atoms with Crippen molar-refractivity contribution in [1.82, 2.24) is 10.3 Å². The van der Waals surface area contributed by atoms with Crippen LogP contribution in [-0.2, 0) is 6.42 Å². The molecule has 0 aliphatic heterocycles. The molecule has 0 bridgehead atoms. The minimum atomic E-state index is -0.328. The van der Waals surface area contributed by atoms with Crippen molar-refractivity contribution in [3.63, 3.8) is 0 Å². The minimum Gasteiger partial charge on any atom is -0.394 e. The summed E-state index contributed by atoms with van der Waals surface area (Å²) in [5.74, 6) is -0.290. The average molecular weight is 335 g/mol. The highest BCUT2D eigenvalue weighted by Crippen LogP contribution is 2.07. The van der Waals surface area contributed by atoms with Crippen molar-refractivity contribution in [3.8, 4) is 0 Å². The number of rotatable bonds is 5. The molecule has 1 heterocycles. The fourth-order valence-electron chi connectivity index (χ4n) is 1.85. The van der Waals surface area contributed by atoms with Crippen LogP contribution in [0.3, 0.4) is 0 Å². The van der Waals surface area contributed by atoms with E-state index in [1.807, 2.05) is 30.3 Å². The number of carbonyl (C=O) groups is 1. The van der Waals surface area contributed by atoms with Gasteiger partial charge < -0.3 is 10.4 Å². The highest BCUT2D eigenvalue weighted by Gasteiger charge is 2.14. The molecule has 1 unspecified atom stereocenters. The van der Waals surface area contributed by atoms with E-state index in [2.05, 4.69) is 26.2 Å². The molecule has 0 saturated heterocycles. The number of benzene rings is 1. The Morgan fingerprint density at radius 3 is 2.60 bits per heavy atom. The molecule has 2 aromatic rings. The molecule has 0 saturated carbocycles. The van der Waals surface area contributed by atoms with Crippen LogP contribution in [0.1, 0.15) is 16.1 Å². The second kappa shape index (κ2) is 7.17. The van der Waals surface area contributed by atoms with Crippen LogP contribution >= 0.6 is 15.9 Å². The lowest BCUT2D eigenvalue weighted by molar-refractivity contribution is 0.0911. The molecular weight excluding hydrogens is 320 g/mol. The maximum absolute atomic E-state index is 12.1. The first-order valence-corrected chi connectivity index (χ1v) is 7.06. The maximum atomic E-state index is 12.1. The number of nitrogens with one attached hydrogen (secondary N) is 1. The van der Waals surface area contributed by atoms with E-state index in [4.69, 9.17) is 0 Å². The molecule has 2 N–H and O–H groups in total. The van der Waals surface area contributed by atoms with Crippen LogP contribution in [0.15, 0.2) is 53.1 Å². The Hall–Kier alpha value is -1.72. The molecule has 1 atom stereocenters. The van der Waals surface area contributed by atoms with E-state index in [-0.39, 0.29) is 18.6 Å². The van der Waals surface area contributed by atoms with Crippen molar-refractivity contribution < 1.29 is 9.90 Å². The van der Waals surface area contributed by atoms with Gasteiger partial charge in [-0.3, -0.25) is 4.79 Å². The number of carbonyl (C=O) groups excluding carboxylic acids is 1. The van der Waals surface area contributed by atoms with Crippen molar-refractivity contribution >= 4 is 21.8 Å². The number of amides is 1. The van der Waals surface area contributed by atoms with Gasteiger partial charge in [-0.2, -0.15) is 0 Å². The van der Waals surface area contributed by atoms with Gasteiger partial charge in [0.2, 0.25) is 0 Å². The standard InChI is InChI=1S/C15H15BrN2O2/c16-14-8-4-7-13(18-14)15(20)17-12(10-19)9-11-5-2-1-3-6-11/h1-8,12,19H,9-10H2,(H,17,20). The van der Waals surface area contributed by atoms with Crippen LogP contribution < -0.4 is 5.32 Å². The summed E-state index contributed by atoms with van der Waals surface area (Å²) in [4.78, 5) is 16.1. The fraction of sp³-hybridized carbons (Fsp3) is 0.200. The van der Waals surface area contributed by atoms with E-state index in [1.165, 1.54) is 0 Å². The highest BCUT2D eigenvalue weighted by molar-refractivity contribution is 9.10. The van der Waals surface area contributed by atoms with Gasteiger partial charge in [-0.25, -0.2) is 4.98 Å². The lowest BCUT2D eigenvalue weighted by atomic mass is 10.1. The molecule has 104 valence electrons. The molecule has 5 heteroatoms. The van der Waals surface area contributed by atoms with Crippen molar-refractivity contribution in [1.29, 1.82) is 0 Å². The number of halogens is 1. The predicted octanol–water partition coefficient (Wildman–Crippen LogP) is 2.18. The van der Waals surface area contributed by atoms with Gasteiger partial charge in [0.25, 0.3) is 5.91 Å². The smallest absolute Gasteiger partial charge is 0.270 e. The summed E-state index contributed by atoms with van der Waals surface area (Å²) >= 11 is 3.23. The van der Waals surface area contributed by atoms with E-state index >= 15 is 0 Å². The molecule has 1 amide bonds. The van der Waals surface area contributed by atoms with Crippen LogP contribution in [0.25, 0.3) is 0 Å². The molecule has 0 aliphatic rings. The summed E-state index contributed by atoms with van der Waals surface area (Å²) < 4.78 is 0.605. The predicted molar refractivity (Wildman–Crippen MR) is 80.4 cm³/mol. The molecule has 4 nitrogen and oxygen atoms in total. The first kappa shape index (κ1) is 14.7.